The molecule has 0 bridgehead atoms. The minimum atomic E-state index is -3.47. The maximum Gasteiger partial charge on any atom is 0.255 e. The van der Waals surface area contributed by atoms with Gasteiger partial charge >= 0.3 is 0 Å². The van der Waals surface area contributed by atoms with Crippen LogP contribution in [0.5, 0.6) is 5.75 Å². The Labute approximate surface area is 207 Å². The highest BCUT2D eigenvalue weighted by molar-refractivity contribution is 7.89. The number of benzene rings is 3. The summed E-state index contributed by atoms with van der Waals surface area (Å²) in [6, 6.07) is 23.4. The first-order valence-electron chi connectivity index (χ1n) is 11.8. The number of ether oxygens (including phenoxy) is 1. The molecule has 3 aromatic carbocycles. The van der Waals surface area contributed by atoms with Gasteiger partial charge in [0.1, 0.15) is 5.75 Å². The molecule has 1 amide bonds. The molecule has 1 aliphatic rings. The Kier molecular flexibility index (Phi) is 7.85. The van der Waals surface area contributed by atoms with Crippen LogP contribution in [0.15, 0.2) is 83.8 Å². The quantitative estimate of drug-likeness (QED) is 0.508. The second kappa shape index (κ2) is 11.0. The monoisotopic (exact) mass is 493 g/mol. The Bertz CT molecular complexity index is 1240. The van der Waals surface area contributed by atoms with Gasteiger partial charge in [-0.15, -0.1) is 0 Å². The summed E-state index contributed by atoms with van der Waals surface area (Å²) in [5.74, 6) is 0.583. The third kappa shape index (κ3) is 6.48. The van der Waals surface area contributed by atoms with Crippen molar-refractivity contribution < 1.29 is 17.9 Å². The van der Waals surface area contributed by atoms with Crippen molar-refractivity contribution >= 4 is 21.6 Å². The predicted molar refractivity (Wildman–Crippen MR) is 137 cm³/mol. The van der Waals surface area contributed by atoms with E-state index in [2.05, 4.69) is 10.2 Å². The van der Waals surface area contributed by atoms with Crippen LogP contribution in [-0.4, -0.2) is 55.8 Å². The number of nitrogens with zero attached hydrogens (tertiary/aromatic N) is 2. The van der Waals surface area contributed by atoms with Gasteiger partial charge in [0, 0.05) is 44.0 Å². The lowest BCUT2D eigenvalue weighted by Crippen LogP contribution is -2.48. The van der Waals surface area contributed by atoms with Gasteiger partial charge in [0.15, 0.2) is 0 Å². The van der Waals surface area contributed by atoms with Crippen LogP contribution in [-0.2, 0) is 16.6 Å². The number of piperazine rings is 1. The normalized spacial score (nSPS) is 15.2. The molecule has 0 radical (unpaired) electrons. The molecule has 1 saturated heterocycles. The van der Waals surface area contributed by atoms with Gasteiger partial charge < -0.3 is 10.1 Å². The minimum Gasteiger partial charge on any atom is -0.491 e. The third-order valence-corrected chi connectivity index (χ3v) is 7.70. The number of sulfonamides is 1. The van der Waals surface area contributed by atoms with Crippen LogP contribution in [0.2, 0.25) is 0 Å². The number of hydrogen-bond acceptors (Lipinski definition) is 5. The zero-order valence-corrected chi connectivity index (χ0v) is 20.9. The molecule has 3 aromatic rings. The molecule has 8 heteroatoms. The highest BCUT2D eigenvalue weighted by Crippen LogP contribution is 2.20. The van der Waals surface area contributed by atoms with Crippen LogP contribution in [0.3, 0.4) is 0 Å². The van der Waals surface area contributed by atoms with Crippen LogP contribution < -0.4 is 10.1 Å². The molecule has 0 aliphatic carbocycles. The SMILES string of the molecule is CC(C)Oc1ccc(NC(=O)c2cccc(CN3CCN(S(=O)(=O)c4ccccc4)CC3)c2)cc1. The summed E-state index contributed by atoms with van der Waals surface area (Å²) in [6.07, 6.45) is 0.0921. The molecule has 184 valence electrons. The first kappa shape index (κ1) is 24.9. The van der Waals surface area contributed by atoms with Gasteiger partial charge in [0.25, 0.3) is 5.91 Å². The number of nitrogens with one attached hydrogen (secondary N) is 1. The van der Waals surface area contributed by atoms with E-state index in [1.54, 1.807) is 34.6 Å². The second-order valence-corrected chi connectivity index (χ2v) is 10.8. The van der Waals surface area contributed by atoms with E-state index in [4.69, 9.17) is 4.74 Å². The molecule has 1 fully saturated rings. The number of amides is 1. The molecule has 0 saturated carbocycles. The van der Waals surface area contributed by atoms with Crippen LogP contribution in [0.4, 0.5) is 5.69 Å². The lowest BCUT2D eigenvalue weighted by Gasteiger charge is -2.34. The zero-order valence-electron chi connectivity index (χ0n) is 20.1. The summed E-state index contributed by atoms with van der Waals surface area (Å²) in [4.78, 5) is 15.3. The summed E-state index contributed by atoms with van der Waals surface area (Å²) in [5, 5.41) is 2.93. The van der Waals surface area contributed by atoms with Gasteiger partial charge in [0.2, 0.25) is 10.0 Å². The van der Waals surface area contributed by atoms with Crippen LogP contribution in [0, 0.1) is 0 Å². The second-order valence-electron chi connectivity index (χ2n) is 8.84. The Morgan fingerprint density at radius 2 is 1.60 bits per heavy atom. The Morgan fingerprint density at radius 3 is 2.26 bits per heavy atom. The fourth-order valence-corrected chi connectivity index (χ4v) is 5.47. The predicted octanol–water partition coefficient (Wildman–Crippen LogP) is 4.23. The molecule has 0 unspecified atom stereocenters. The topological polar surface area (TPSA) is 79.0 Å². The lowest BCUT2D eigenvalue weighted by molar-refractivity contribution is 0.102. The summed E-state index contributed by atoms with van der Waals surface area (Å²) in [7, 11) is -3.47. The van der Waals surface area contributed by atoms with Crippen molar-refractivity contribution in [1.82, 2.24) is 9.21 Å². The Hall–Kier alpha value is -3.20. The van der Waals surface area contributed by atoms with E-state index in [1.165, 1.54) is 0 Å². The minimum absolute atomic E-state index is 0.0921. The molecule has 7 nitrogen and oxygen atoms in total. The summed E-state index contributed by atoms with van der Waals surface area (Å²) in [5.41, 5.74) is 2.29. The molecule has 1 heterocycles. The van der Waals surface area contributed by atoms with Crippen molar-refractivity contribution in [3.05, 3.63) is 90.0 Å². The van der Waals surface area contributed by atoms with E-state index in [0.29, 0.717) is 48.9 Å². The molecule has 1 N–H and O–H groups in total. The maximum atomic E-state index is 12.8. The number of rotatable bonds is 8. The fourth-order valence-electron chi connectivity index (χ4n) is 4.03. The Balaban J connectivity index is 1.33. The first-order valence-corrected chi connectivity index (χ1v) is 13.2. The highest BCUT2D eigenvalue weighted by Gasteiger charge is 2.28. The van der Waals surface area contributed by atoms with Crippen LogP contribution in [0.25, 0.3) is 0 Å². The van der Waals surface area contributed by atoms with Gasteiger partial charge in [-0.2, -0.15) is 4.31 Å². The van der Waals surface area contributed by atoms with Gasteiger partial charge in [-0.25, -0.2) is 8.42 Å². The average Bonchev–Trinajstić information content (AvgIpc) is 2.86. The molecule has 0 atom stereocenters. The van der Waals surface area contributed by atoms with E-state index in [0.717, 1.165) is 11.3 Å². The smallest absolute Gasteiger partial charge is 0.255 e. The van der Waals surface area contributed by atoms with Crippen molar-refractivity contribution in [1.29, 1.82) is 0 Å². The summed E-state index contributed by atoms with van der Waals surface area (Å²) in [6.45, 7) is 6.73. The molecule has 0 spiro atoms. The van der Waals surface area contributed by atoms with E-state index < -0.39 is 10.0 Å². The van der Waals surface area contributed by atoms with Gasteiger partial charge in [0.05, 0.1) is 11.0 Å². The summed E-state index contributed by atoms with van der Waals surface area (Å²) < 4.78 is 32.9. The zero-order chi connectivity index (χ0) is 24.8. The molecular formula is C27H31N3O4S. The number of hydrogen-bond donors (Lipinski definition) is 1. The van der Waals surface area contributed by atoms with Crippen LogP contribution >= 0.6 is 0 Å². The van der Waals surface area contributed by atoms with Crippen molar-refractivity contribution in [2.75, 3.05) is 31.5 Å². The third-order valence-electron chi connectivity index (χ3n) is 5.79. The van der Waals surface area contributed by atoms with Crippen molar-refractivity contribution in [3.63, 3.8) is 0 Å². The standard InChI is InChI=1S/C27H31N3O4S/c1-21(2)34-25-13-11-24(12-14-25)28-27(31)23-8-6-7-22(19-23)20-29-15-17-30(18-16-29)35(32,33)26-9-4-3-5-10-26/h3-14,19,21H,15-18,20H2,1-2H3,(H,28,31). The number of anilines is 1. The first-order chi connectivity index (χ1) is 16.8. The van der Waals surface area contributed by atoms with Gasteiger partial charge in [-0.3, -0.25) is 9.69 Å². The van der Waals surface area contributed by atoms with E-state index in [1.807, 2.05) is 62.4 Å². The number of carbonyl (C=O) groups excluding carboxylic acids is 1. The molecular weight excluding hydrogens is 462 g/mol. The molecule has 4 rings (SSSR count). The summed E-state index contributed by atoms with van der Waals surface area (Å²) >= 11 is 0. The van der Waals surface area contributed by atoms with Gasteiger partial charge in [-0.1, -0.05) is 30.3 Å². The Morgan fingerprint density at radius 1 is 0.914 bits per heavy atom. The van der Waals surface area contributed by atoms with Crippen molar-refractivity contribution in [3.8, 4) is 5.75 Å². The fraction of sp³-hybridized carbons (Fsp3) is 0.296. The molecule has 0 aromatic heterocycles. The average molecular weight is 494 g/mol. The van der Waals surface area contributed by atoms with E-state index in [-0.39, 0.29) is 12.0 Å². The molecule has 1 aliphatic heterocycles. The number of carbonyl (C=O) groups is 1. The van der Waals surface area contributed by atoms with Crippen molar-refractivity contribution in [2.45, 2.75) is 31.4 Å². The maximum absolute atomic E-state index is 12.8. The largest absolute Gasteiger partial charge is 0.491 e. The van der Waals surface area contributed by atoms with Crippen LogP contribution in [0.1, 0.15) is 29.8 Å². The lowest BCUT2D eigenvalue weighted by atomic mass is 10.1. The van der Waals surface area contributed by atoms with Gasteiger partial charge in [-0.05, 0) is 67.9 Å². The van der Waals surface area contributed by atoms with E-state index in [9.17, 15) is 13.2 Å². The molecule has 35 heavy (non-hydrogen) atoms. The highest BCUT2D eigenvalue weighted by atomic mass is 32.2. The van der Waals surface area contributed by atoms with E-state index >= 15 is 0 Å². The van der Waals surface area contributed by atoms with Crippen molar-refractivity contribution in [2.24, 2.45) is 0 Å².